The lowest BCUT2D eigenvalue weighted by Gasteiger charge is -2.09. The van der Waals surface area contributed by atoms with Gasteiger partial charge in [0.1, 0.15) is 6.61 Å². The Balaban J connectivity index is 1.65. The molecule has 0 bridgehead atoms. The van der Waals surface area contributed by atoms with Gasteiger partial charge in [-0.05, 0) is 67.6 Å². The SMILES string of the molecule is CC(C)OOCc1ccc(-c2ccc(-c3ccc(C(=O)OC(C)C)cc3)cc2)cc1. The summed E-state index contributed by atoms with van der Waals surface area (Å²) in [6.07, 6.45) is -0.0764. The molecule has 3 rings (SSSR count). The van der Waals surface area contributed by atoms with Crippen molar-refractivity contribution in [3.63, 3.8) is 0 Å². The number of rotatable bonds is 8. The molecule has 0 atom stereocenters. The molecule has 0 aliphatic carbocycles. The minimum Gasteiger partial charge on any atom is -0.459 e. The molecule has 4 nitrogen and oxygen atoms in total. The van der Waals surface area contributed by atoms with Gasteiger partial charge in [0.2, 0.25) is 0 Å². The first-order chi connectivity index (χ1) is 14.4. The van der Waals surface area contributed by atoms with Gasteiger partial charge >= 0.3 is 5.97 Å². The zero-order valence-corrected chi connectivity index (χ0v) is 17.9. The molecule has 4 heteroatoms. The van der Waals surface area contributed by atoms with Gasteiger partial charge in [0, 0.05) is 0 Å². The van der Waals surface area contributed by atoms with Gasteiger partial charge in [0.25, 0.3) is 0 Å². The van der Waals surface area contributed by atoms with E-state index in [0.717, 1.165) is 27.8 Å². The van der Waals surface area contributed by atoms with Crippen LogP contribution in [0.25, 0.3) is 22.3 Å². The monoisotopic (exact) mass is 404 g/mol. The summed E-state index contributed by atoms with van der Waals surface area (Å²) >= 11 is 0. The van der Waals surface area contributed by atoms with Crippen molar-refractivity contribution >= 4 is 5.97 Å². The predicted molar refractivity (Wildman–Crippen MR) is 119 cm³/mol. The number of benzene rings is 3. The Bertz CT molecular complexity index is 940. The lowest BCUT2D eigenvalue weighted by Crippen LogP contribution is -2.11. The van der Waals surface area contributed by atoms with Crippen molar-refractivity contribution in [2.24, 2.45) is 0 Å². The van der Waals surface area contributed by atoms with Crippen LogP contribution in [0.2, 0.25) is 0 Å². The number of carbonyl (C=O) groups is 1. The lowest BCUT2D eigenvalue weighted by molar-refractivity contribution is -0.325. The van der Waals surface area contributed by atoms with E-state index in [-0.39, 0.29) is 18.2 Å². The van der Waals surface area contributed by atoms with Crippen LogP contribution in [0.1, 0.15) is 43.6 Å². The van der Waals surface area contributed by atoms with Crippen LogP contribution < -0.4 is 0 Å². The Morgan fingerprint density at radius 3 is 1.53 bits per heavy atom. The van der Waals surface area contributed by atoms with Crippen molar-refractivity contribution in [2.45, 2.75) is 46.5 Å². The molecular formula is C26H28O4. The summed E-state index contributed by atoms with van der Waals surface area (Å²) in [5.41, 5.74) is 6.06. The van der Waals surface area contributed by atoms with Crippen LogP contribution >= 0.6 is 0 Å². The van der Waals surface area contributed by atoms with Crippen molar-refractivity contribution in [1.82, 2.24) is 0 Å². The first kappa shape index (κ1) is 21.8. The van der Waals surface area contributed by atoms with Crippen LogP contribution in [-0.2, 0) is 21.1 Å². The largest absolute Gasteiger partial charge is 0.459 e. The van der Waals surface area contributed by atoms with E-state index in [4.69, 9.17) is 14.5 Å². The molecule has 0 aromatic heterocycles. The van der Waals surface area contributed by atoms with E-state index in [2.05, 4.69) is 36.4 Å². The van der Waals surface area contributed by atoms with Gasteiger partial charge in [-0.15, -0.1) is 0 Å². The summed E-state index contributed by atoms with van der Waals surface area (Å²) < 4.78 is 5.23. The highest BCUT2D eigenvalue weighted by Gasteiger charge is 2.09. The molecule has 0 heterocycles. The van der Waals surface area contributed by atoms with E-state index < -0.39 is 0 Å². The molecule has 0 saturated carbocycles. The van der Waals surface area contributed by atoms with Crippen molar-refractivity contribution in [3.8, 4) is 22.3 Å². The summed E-state index contributed by atoms with van der Waals surface area (Å²) in [6.45, 7) is 7.98. The van der Waals surface area contributed by atoms with E-state index in [1.54, 1.807) is 12.1 Å². The highest BCUT2D eigenvalue weighted by atomic mass is 17.2. The van der Waals surface area contributed by atoms with Crippen molar-refractivity contribution in [2.75, 3.05) is 0 Å². The topological polar surface area (TPSA) is 44.8 Å². The molecule has 3 aromatic rings. The molecule has 30 heavy (non-hydrogen) atoms. The second-order valence-electron chi connectivity index (χ2n) is 7.71. The Morgan fingerprint density at radius 2 is 1.10 bits per heavy atom. The lowest BCUT2D eigenvalue weighted by atomic mass is 9.99. The van der Waals surface area contributed by atoms with Gasteiger partial charge < -0.3 is 4.74 Å². The third kappa shape index (κ3) is 6.02. The number of carbonyl (C=O) groups excluding carboxylic acids is 1. The van der Waals surface area contributed by atoms with Gasteiger partial charge in [-0.2, -0.15) is 0 Å². The highest BCUT2D eigenvalue weighted by molar-refractivity contribution is 5.90. The second-order valence-corrected chi connectivity index (χ2v) is 7.71. The van der Waals surface area contributed by atoms with E-state index in [1.807, 2.05) is 52.0 Å². The number of hydrogen-bond acceptors (Lipinski definition) is 4. The Morgan fingerprint density at radius 1 is 0.667 bits per heavy atom. The Hall–Kier alpha value is -2.95. The molecular weight excluding hydrogens is 376 g/mol. The third-order valence-electron chi connectivity index (χ3n) is 4.45. The number of ether oxygens (including phenoxy) is 1. The maximum Gasteiger partial charge on any atom is 0.338 e. The van der Waals surface area contributed by atoms with E-state index in [1.165, 1.54) is 0 Å². The first-order valence-electron chi connectivity index (χ1n) is 10.2. The number of hydrogen-bond donors (Lipinski definition) is 0. The summed E-state index contributed by atoms with van der Waals surface area (Å²) in [5.74, 6) is -0.295. The zero-order valence-electron chi connectivity index (χ0n) is 17.9. The van der Waals surface area contributed by atoms with Crippen LogP contribution in [0.4, 0.5) is 0 Å². The summed E-state index contributed by atoms with van der Waals surface area (Å²) in [5, 5.41) is 0. The predicted octanol–water partition coefficient (Wildman–Crippen LogP) is 6.44. The van der Waals surface area contributed by atoms with Gasteiger partial charge in [-0.3, -0.25) is 0 Å². The fourth-order valence-electron chi connectivity index (χ4n) is 2.97. The Kier molecular flexibility index (Phi) is 7.39. The van der Waals surface area contributed by atoms with Gasteiger partial charge in [0.05, 0.1) is 17.8 Å². The van der Waals surface area contributed by atoms with Crippen LogP contribution in [0.5, 0.6) is 0 Å². The summed E-state index contributed by atoms with van der Waals surface area (Å²) in [7, 11) is 0. The van der Waals surface area contributed by atoms with Crippen LogP contribution in [0.3, 0.4) is 0 Å². The fourth-order valence-corrected chi connectivity index (χ4v) is 2.97. The molecule has 0 amide bonds. The average molecular weight is 405 g/mol. The fraction of sp³-hybridized carbons (Fsp3) is 0.269. The maximum absolute atomic E-state index is 12.0. The minimum atomic E-state index is -0.295. The van der Waals surface area contributed by atoms with Crippen molar-refractivity contribution in [3.05, 3.63) is 83.9 Å². The van der Waals surface area contributed by atoms with Crippen molar-refractivity contribution in [1.29, 1.82) is 0 Å². The normalized spacial score (nSPS) is 11.1. The highest BCUT2D eigenvalue weighted by Crippen LogP contribution is 2.26. The number of esters is 1. The smallest absolute Gasteiger partial charge is 0.338 e. The molecule has 0 saturated heterocycles. The van der Waals surface area contributed by atoms with Gasteiger partial charge in [0.15, 0.2) is 0 Å². The van der Waals surface area contributed by atoms with E-state index in [9.17, 15) is 4.79 Å². The zero-order chi connectivity index (χ0) is 21.5. The molecule has 0 radical (unpaired) electrons. The molecule has 156 valence electrons. The quantitative estimate of drug-likeness (QED) is 0.246. The standard InChI is InChI=1S/C26H28O4/c1-18(2)29-26(27)25-15-13-24(14-16-25)23-11-9-22(10-12-23)21-7-5-20(6-8-21)17-28-30-19(3)4/h5-16,18-19H,17H2,1-4H3. The molecule has 0 unspecified atom stereocenters. The van der Waals surface area contributed by atoms with Crippen LogP contribution in [0.15, 0.2) is 72.8 Å². The third-order valence-corrected chi connectivity index (χ3v) is 4.45. The molecule has 0 aliphatic heterocycles. The van der Waals surface area contributed by atoms with Crippen molar-refractivity contribution < 1.29 is 19.3 Å². The van der Waals surface area contributed by atoms with Gasteiger partial charge in [-0.25, -0.2) is 14.6 Å². The van der Waals surface area contributed by atoms with E-state index in [0.29, 0.717) is 12.2 Å². The summed E-state index contributed by atoms with van der Waals surface area (Å²) in [6, 6.07) is 24.1. The first-order valence-corrected chi connectivity index (χ1v) is 10.2. The molecule has 0 N–H and O–H groups in total. The van der Waals surface area contributed by atoms with E-state index >= 15 is 0 Å². The van der Waals surface area contributed by atoms with Gasteiger partial charge in [-0.1, -0.05) is 60.7 Å². The average Bonchev–Trinajstić information content (AvgIpc) is 2.74. The minimum absolute atomic E-state index is 0.0489. The maximum atomic E-state index is 12.0. The summed E-state index contributed by atoms with van der Waals surface area (Å²) in [4.78, 5) is 22.3. The van der Waals surface area contributed by atoms with Crippen LogP contribution in [0, 0.1) is 0 Å². The molecule has 3 aromatic carbocycles. The molecule has 0 spiro atoms. The Labute approximate surface area is 178 Å². The second kappa shape index (κ2) is 10.2. The molecule has 0 aliphatic rings. The molecule has 0 fully saturated rings. The van der Waals surface area contributed by atoms with Crippen LogP contribution in [-0.4, -0.2) is 18.2 Å².